The second kappa shape index (κ2) is 22.3. The molecule has 1 heterocycles. The average molecular weight is 750 g/mol. The van der Waals surface area contributed by atoms with Gasteiger partial charge in [-0.1, -0.05) is 124 Å². The van der Waals surface area contributed by atoms with E-state index in [4.69, 9.17) is 23.7 Å². The first-order valence-electron chi connectivity index (χ1n) is 18.0. The van der Waals surface area contributed by atoms with Crippen molar-refractivity contribution in [2.24, 2.45) is 5.16 Å². The largest absolute Gasteiger partial charge is 0.399 e. The molecule has 0 saturated carbocycles. The van der Waals surface area contributed by atoms with E-state index in [0.717, 1.165) is 45.2 Å². The molecule has 1 aliphatic heterocycles. The van der Waals surface area contributed by atoms with Crippen LogP contribution in [0.2, 0.25) is 0 Å². The first kappa shape index (κ1) is 42.7. The lowest BCUT2D eigenvalue weighted by Crippen LogP contribution is -2.41. The summed E-state index contributed by atoms with van der Waals surface area (Å²) in [6.07, 6.45) is -7.52. The Bertz CT molecular complexity index is 1660. The lowest BCUT2D eigenvalue weighted by atomic mass is 10.1. The SMILES string of the molecule is CON=C[C@@H](F)[C@H](OCc1ccc(C)cc1)[C@H](O)COCc1ccc(C)cc1.Cc1ccc(COC[C@H]2OC(O)[C@@H](F)[C@@H]2OCc2ccc(C)cc2)cc1. The molecule has 0 aromatic heterocycles. The Kier molecular flexibility index (Phi) is 17.7. The van der Waals surface area contributed by atoms with Gasteiger partial charge in [-0.05, 0) is 49.9 Å². The maximum absolute atomic E-state index is 14.5. The molecule has 0 amide bonds. The number of ether oxygens (including phenoxy) is 5. The quantitative estimate of drug-likeness (QED) is 0.0813. The molecule has 0 spiro atoms. The van der Waals surface area contributed by atoms with Crippen molar-refractivity contribution in [1.82, 2.24) is 0 Å². The average Bonchev–Trinajstić information content (AvgIpc) is 3.44. The Hall–Kier alpha value is -4.07. The molecule has 9 nitrogen and oxygen atoms in total. The van der Waals surface area contributed by atoms with Gasteiger partial charge >= 0.3 is 0 Å². The molecule has 5 rings (SSSR count). The standard InChI is InChI=1S/C22H28FNO4.C21H25FO4/c1-16-4-8-18(9-5-16)13-27-15-21(25)22(20(23)12-24-26-3)28-14-19-10-6-17(2)7-11-19;1-14-3-7-16(8-4-14)11-24-13-18-20(19(22)21(23)26-18)25-12-17-9-5-15(2)6-10-17/h4-12,20-22,25H,13-15H2,1-3H3;3-10,18-21,23H,11-13H2,1-2H3/t20-,21-,22+;18-,19+,20-,21?/m11/s1. The predicted octanol–water partition coefficient (Wildman–Crippen LogP) is 7.20. The van der Waals surface area contributed by atoms with Crippen LogP contribution in [0.25, 0.3) is 0 Å². The van der Waals surface area contributed by atoms with Crippen molar-refractivity contribution in [2.45, 2.75) is 97.2 Å². The second-order valence-corrected chi connectivity index (χ2v) is 13.5. The van der Waals surface area contributed by atoms with Crippen molar-refractivity contribution in [3.8, 4) is 0 Å². The zero-order chi connectivity index (χ0) is 38.9. The molecule has 0 radical (unpaired) electrons. The van der Waals surface area contributed by atoms with E-state index in [1.165, 1.54) is 12.7 Å². The van der Waals surface area contributed by atoms with Crippen molar-refractivity contribution in [3.63, 3.8) is 0 Å². The highest BCUT2D eigenvalue weighted by atomic mass is 19.1. The first-order valence-corrected chi connectivity index (χ1v) is 18.0. The number of nitrogens with zero attached hydrogens (tertiary/aromatic N) is 1. The van der Waals surface area contributed by atoms with Gasteiger partial charge in [0.2, 0.25) is 0 Å². The third-order valence-corrected chi connectivity index (χ3v) is 8.74. The fourth-order valence-corrected chi connectivity index (χ4v) is 5.46. The van der Waals surface area contributed by atoms with E-state index in [9.17, 15) is 19.0 Å². The molecule has 0 bridgehead atoms. The Morgan fingerprint density at radius 2 is 1.15 bits per heavy atom. The number of benzene rings is 4. The van der Waals surface area contributed by atoms with Crippen LogP contribution in [0.4, 0.5) is 8.78 Å². The molecule has 292 valence electrons. The van der Waals surface area contributed by atoms with Crippen molar-refractivity contribution in [2.75, 3.05) is 20.3 Å². The molecule has 1 saturated heterocycles. The molecule has 7 atom stereocenters. The monoisotopic (exact) mass is 749 g/mol. The zero-order valence-electron chi connectivity index (χ0n) is 31.6. The number of hydrogen-bond donors (Lipinski definition) is 2. The van der Waals surface area contributed by atoms with Crippen LogP contribution < -0.4 is 0 Å². The van der Waals surface area contributed by atoms with Gasteiger partial charge in [0, 0.05) is 0 Å². The van der Waals surface area contributed by atoms with Crippen LogP contribution >= 0.6 is 0 Å². The minimum atomic E-state index is -1.64. The summed E-state index contributed by atoms with van der Waals surface area (Å²) in [6.45, 7) is 9.27. The van der Waals surface area contributed by atoms with E-state index < -0.39 is 43.0 Å². The Morgan fingerprint density at radius 1 is 0.704 bits per heavy atom. The lowest BCUT2D eigenvalue weighted by Gasteiger charge is -2.24. The minimum absolute atomic E-state index is 0.0618. The third kappa shape index (κ3) is 14.3. The molecule has 1 fully saturated rings. The topological polar surface area (TPSA) is 108 Å². The van der Waals surface area contributed by atoms with Gasteiger partial charge in [-0.25, -0.2) is 8.78 Å². The Labute approximate surface area is 317 Å². The summed E-state index contributed by atoms with van der Waals surface area (Å²) in [5.41, 5.74) is 8.46. The van der Waals surface area contributed by atoms with E-state index in [1.807, 2.05) is 125 Å². The highest BCUT2D eigenvalue weighted by Gasteiger charge is 2.45. The molecule has 4 aromatic carbocycles. The van der Waals surface area contributed by atoms with E-state index in [1.54, 1.807) is 0 Å². The van der Waals surface area contributed by atoms with Crippen LogP contribution in [0, 0.1) is 27.7 Å². The van der Waals surface area contributed by atoms with Crippen LogP contribution in [0.5, 0.6) is 0 Å². The molecule has 1 aliphatic rings. The molecule has 11 heteroatoms. The van der Waals surface area contributed by atoms with Crippen molar-refractivity contribution >= 4 is 6.21 Å². The summed E-state index contributed by atoms with van der Waals surface area (Å²) in [5.74, 6) is 0. The summed E-state index contributed by atoms with van der Waals surface area (Å²) < 4.78 is 56.6. The van der Waals surface area contributed by atoms with Gasteiger partial charge in [0.25, 0.3) is 0 Å². The van der Waals surface area contributed by atoms with Gasteiger partial charge in [-0.3, -0.25) is 0 Å². The number of aryl methyl sites for hydroxylation is 4. The molecular formula is C43H53F2NO8. The van der Waals surface area contributed by atoms with Crippen molar-refractivity contribution in [1.29, 1.82) is 0 Å². The molecule has 1 unspecified atom stereocenters. The van der Waals surface area contributed by atoms with Gasteiger partial charge in [0.15, 0.2) is 18.6 Å². The second-order valence-electron chi connectivity index (χ2n) is 13.5. The molecule has 0 aliphatic carbocycles. The van der Waals surface area contributed by atoms with Gasteiger partial charge in [-0.2, -0.15) is 0 Å². The van der Waals surface area contributed by atoms with E-state index >= 15 is 0 Å². The summed E-state index contributed by atoms with van der Waals surface area (Å²) in [5, 5.41) is 23.6. The van der Waals surface area contributed by atoms with Crippen LogP contribution in [-0.4, -0.2) is 79.8 Å². The molecule has 4 aromatic rings. The number of aliphatic hydroxyl groups excluding tert-OH is 2. The fourth-order valence-electron chi connectivity index (χ4n) is 5.46. The maximum atomic E-state index is 14.5. The summed E-state index contributed by atoms with van der Waals surface area (Å²) in [7, 11) is 1.33. The normalized spacial score (nSPS) is 19.9. The summed E-state index contributed by atoms with van der Waals surface area (Å²) >= 11 is 0. The molecule has 54 heavy (non-hydrogen) atoms. The Balaban J connectivity index is 0.000000241. The van der Waals surface area contributed by atoms with Gasteiger partial charge in [-0.15, -0.1) is 0 Å². The van der Waals surface area contributed by atoms with Crippen LogP contribution in [-0.2, 0) is 54.9 Å². The fraction of sp³-hybridized carbons (Fsp3) is 0.419. The van der Waals surface area contributed by atoms with Crippen molar-refractivity contribution < 1.29 is 47.5 Å². The smallest absolute Gasteiger partial charge is 0.189 e. The number of oxime groups is 1. The number of hydrogen-bond acceptors (Lipinski definition) is 9. The predicted molar refractivity (Wildman–Crippen MR) is 203 cm³/mol. The van der Waals surface area contributed by atoms with Gasteiger partial charge in [0.05, 0.1) is 45.9 Å². The molecular weight excluding hydrogens is 696 g/mol. The highest BCUT2D eigenvalue weighted by molar-refractivity contribution is 5.63. The van der Waals surface area contributed by atoms with Crippen molar-refractivity contribution in [3.05, 3.63) is 142 Å². The Morgan fingerprint density at radius 3 is 1.63 bits per heavy atom. The van der Waals surface area contributed by atoms with Gasteiger partial charge < -0.3 is 38.7 Å². The number of rotatable bonds is 18. The highest BCUT2D eigenvalue weighted by Crippen LogP contribution is 2.27. The van der Waals surface area contributed by atoms with Crippen LogP contribution in [0.1, 0.15) is 44.5 Å². The van der Waals surface area contributed by atoms with E-state index in [-0.39, 0.29) is 26.4 Å². The van der Waals surface area contributed by atoms with E-state index in [2.05, 4.69) is 9.99 Å². The van der Waals surface area contributed by atoms with Crippen LogP contribution in [0.3, 0.4) is 0 Å². The number of alkyl halides is 2. The van der Waals surface area contributed by atoms with Crippen LogP contribution in [0.15, 0.2) is 102 Å². The van der Waals surface area contributed by atoms with E-state index in [0.29, 0.717) is 13.2 Å². The minimum Gasteiger partial charge on any atom is -0.399 e. The number of halogens is 2. The molecule has 2 N–H and O–H groups in total. The van der Waals surface area contributed by atoms with Gasteiger partial charge in [0.1, 0.15) is 31.5 Å². The number of aliphatic hydroxyl groups is 2. The summed E-state index contributed by atoms with van der Waals surface area (Å²) in [6, 6.07) is 31.5. The zero-order valence-corrected chi connectivity index (χ0v) is 31.6. The lowest BCUT2D eigenvalue weighted by molar-refractivity contribution is -0.129. The first-order chi connectivity index (χ1) is 26.0. The third-order valence-electron chi connectivity index (χ3n) is 8.74. The summed E-state index contributed by atoms with van der Waals surface area (Å²) in [4.78, 5) is 4.53. The maximum Gasteiger partial charge on any atom is 0.189 e.